The molecular formula is C53H40N6. The van der Waals surface area contributed by atoms with E-state index in [1.165, 1.54) is 17.0 Å². The van der Waals surface area contributed by atoms with E-state index in [0.29, 0.717) is 22.8 Å². The van der Waals surface area contributed by atoms with E-state index in [1.807, 2.05) is 91.0 Å². The number of nitrogens with zero attached hydrogens (tertiary/aromatic N) is 3. The summed E-state index contributed by atoms with van der Waals surface area (Å²) in [6.07, 6.45) is 1.20. The first-order chi connectivity index (χ1) is 29.0. The number of benzene rings is 7. The molecule has 0 saturated carbocycles. The van der Waals surface area contributed by atoms with Crippen molar-refractivity contribution in [3.63, 3.8) is 0 Å². The predicted octanol–water partition coefficient (Wildman–Crippen LogP) is 12.7. The number of pyridine rings is 1. The van der Waals surface area contributed by atoms with Crippen molar-refractivity contribution in [2.45, 2.75) is 0 Å². The summed E-state index contributed by atoms with van der Waals surface area (Å²) >= 11 is 0. The van der Waals surface area contributed by atoms with Crippen LogP contribution in [0, 0.1) is 5.41 Å². The molecule has 2 aromatic heterocycles. The lowest BCUT2D eigenvalue weighted by Crippen LogP contribution is -2.12. The number of hydrogen-bond acceptors (Lipinski definition) is 5. The molecule has 6 nitrogen and oxygen atoms in total. The number of nitrogens with two attached hydrogens (primary N) is 1. The molecule has 282 valence electrons. The van der Waals surface area contributed by atoms with Crippen molar-refractivity contribution in [2.75, 3.05) is 5.32 Å². The average molecular weight is 761 g/mol. The number of fused-ring (bicyclic) bond motifs is 3. The van der Waals surface area contributed by atoms with Crippen molar-refractivity contribution < 1.29 is 0 Å². The fraction of sp³-hybridized carbons (Fsp3) is 0. The van der Waals surface area contributed by atoms with Gasteiger partial charge in [0.2, 0.25) is 0 Å². The third-order valence-electron chi connectivity index (χ3n) is 10.5. The molecule has 0 unspecified atom stereocenters. The van der Waals surface area contributed by atoms with E-state index in [-0.39, 0.29) is 0 Å². The van der Waals surface area contributed by atoms with Gasteiger partial charge in [0, 0.05) is 45.1 Å². The van der Waals surface area contributed by atoms with Gasteiger partial charge in [-0.2, -0.15) is 0 Å². The van der Waals surface area contributed by atoms with Crippen molar-refractivity contribution >= 4 is 50.8 Å². The Kier molecular flexibility index (Phi) is 10.0. The van der Waals surface area contributed by atoms with Gasteiger partial charge in [-0.25, -0.2) is 9.98 Å². The molecule has 59 heavy (non-hydrogen) atoms. The van der Waals surface area contributed by atoms with Crippen LogP contribution in [0.4, 0.5) is 5.69 Å². The standard InChI is InChI=1S/C53H40N6/c1-36(56-43-21-9-4-10-22-43)49(35-54)58-53(40-18-7-3-8-19-40)52(55)39-30-28-37(29-31-39)42-33-47(38-16-5-2-6-17-38)57-48(34-42)41-20-15-23-44(32-41)59-50-26-13-11-24-45(50)46-25-12-14-27-51(46)59/h2-35,54,56H,1,55H2/b53-52-,54-35?,58-49?. The monoisotopic (exact) mass is 760 g/mol. The molecule has 9 aromatic rings. The summed E-state index contributed by atoms with van der Waals surface area (Å²) in [5.74, 6) is 0. The van der Waals surface area contributed by atoms with E-state index in [2.05, 4.69) is 126 Å². The summed E-state index contributed by atoms with van der Waals surface area (Å²) in [5.41, 5.74) is 20.6. The predicted molar refractivity (Wildman–Crippen MR) is 248 cm³/mol. The number of anilines is 1. The minimum Gasteiger partial charge on any atom is -0.396 e. The van der Waals surface area contributed by atoms with Gasteiger partial charge >= 0.3 is 0 Å². The van der Waals surface area contributed by atoms with Crippen LogP contribution in [0.5, 0.6) is 0 Å². The molecule has 0 fully saturated rings. The van der Waals surface area contributed by atoms with Crippen LogP contribution in [-0.2, 0) is 0 Å². The van der Waals surface area contributed by atoms with Gasteiger partial charge in [-0.15, -0.1) is 0 Å². The van der Waals surface area contributed by atoms with Gasteiger partial charge < -0.3 is 21.0 Å². The zero-order chi connectivity index (χ0) is 40.1. The maximum Gasteiger partial charge on any atom is 0.104 e. The number of allylic oxidation sites excluding steroid dienone is 1. The molecule has 7 aromatic carbocycles. The maximum atomic E-state index is 8.23. The van der Waals surface area contributed by atoms with Gasteiger partial charge in [-0.3, -0.25) is 0 Å². The highest BCUT2D eigenvalue weighted by molar-refractivity contribution is 6.38. The summed E-state index contributed by atoms with van der Waals surface area (Å²) in [6.45, 7) is 4.18. The zero-order valence-corrected chi connectivity index (χ0v) is 32.3. The fourth-order valence-electron chi connectivity index (χ4n) is 7.53. The Morgan fingerprint density at radius 3 is 1.76 bits per heavy atom. The molecule has 0 atom stereocenters. The van der Waals surface area contributed by atoms with Crippen molar-refractivity contribution in [3.05, 3.63) is 224 Å². The van der Waals surface area contributed by atoms with Crippen LogP contribution in [0.25, 0.3) is 72.5 Å². The van der Waals surface area contributed by atoms with Crippen LogP contribution in [0.1, 0.15) is 11.1 Å². The van der Waals surface area contributed by atoms with Crippen LogP contribution >= 0.6 is 0 Å². The summed E-state index contributed by atoms with van der Waals surface area (Å²) in [5, 5.41) is 13.9. The van der Waals surface area contributed by atoms with Crippen molar-refractivity contribution in [2.24, 2.45) is 10.7 Å². The third-order valence-corrected chi connectivity index (χ3v) is 10.5. The van der Waals surface area contributed by atoms with Crippen LogP contribution in [0.2, 0.25) is 0 Å². The summed E-state index contributed by atoms with van der Waals surface area (Å²) in [7, 11) is 0. The van der Waals surface area contributed by atoms with E-state index < -0.39 is 0 Å². The van der Waals surface area contributed by atoms with E-state index in [1.54, 1.807) is 0 Å². The molecule has 0 saturated heterocycles. The minimum atomic E-state index is 0.368. The molecule has 0 aliphatic heterocycles. The molecule has 9 rings (SSSR count). The second kappa shape index (κ2) is 16.2. The summed E-state index contributed by atoms with van der Waals surface area (Å²) < 4.78 is 2.33. The molecular weight excluding hydrogens is 721 g/mol. The zero-order valence-electron chi connectivity index (χ0n) is 32.3. The van der Waals surface area contributed by atoms with Crippen LogP contribution < -0.4 is 11.1 Å². The van der Waals surface area contributed by atoms with Gasteiger partial charge in [-0.1, -0.05) is 158 Å². The van der Waals surface area contributed by atoms with E-state index >= 15 is 0 Å². The maximum absolute atomic E-state index is 8.23. The Labute approximate surface area is 343 Å². The summed E-state index contributed by atoms with van der Waals surface area (Å²) in [4.78, 5) is 10.2. The third kappa shape index (κ3) is 7.46. The van der Waals surface area contributed by atoms with Gasteiger partial charge in [0.05, 0.1) is 39.5 Å². The minimum absolute atomic E-state index is 0.368. The Hall–Kier alpha value is -8.09. The van der Waals surface area contributed by atoms with E-state index in [4.69, 9.17) is 21.1 Å². The number of nitrogens with one attached hydrogen (secondary N) is 2. The first kappa shape index (κ1) is 36.5. The first-order valence-electron chi connectivity index (χ1n) is 19.5. The molecule has 0 amide bonds. The molecule has 0 spiro atoms. The highest BCUT2D eigenvalue weighted by Crippen LogP contribution is 2.35. The number of aromatic nitrogens is 2. The Bertz CT molecular complexity index is 2980. The first-order valence-corrected chi connectivity index (χ1v) is 19.5. The quantitative estimate of drug-likeness (QED) is 0.0905. The molecule has 0 radical (unpaired) electrons. The van der Waals surface area contributed by atoms with E-state index in [9.17, 15) is 0 Å². The molecule has 4 N–H and O–H groups in total. The highest BCUT2D eigenvalue weighted by atomic mass is 15.0. The van der Waals surface area contributed by atoms with Crippen LogP contribution in [0.15, 0.2) is 217 Å². The Morgan fingerprint density at radius 2 is 1.12 bits per heavy atom. The van der Waals surface area contributed by atoms with Crippen molar-refractivity contribution in [1.29, 1.82) is 5.41 Å². The van der Waals surface area contributed by atoms with Gasteiger partial charge in [0.1, 0.15) is 5.71 Å². The fourth-order valence-corrected chi connectivity index (χ4v) is 7.53. The molecule has 0 bridgehead atoms. The molecule has 6 heteroatoms. The normalized spacial score (nSPS) is 12.0. The van der Waals surface area contributed by atoms with Crippen LogP contribution in [0.3, 0.4) is 0 Å². The molecule has 0 aliphatic rings. The van der Waals surface area contributed by atoms with Crippen molar-refractivity contribution in [1.82, 2.24) is 9.55 Å². The lowest BCUT2D eigenvalue weighted by atomic mass is 9.98. The lowest BCUT2D eigenvalue weighted by molar-refractivity contribution is 1.18. The van der Waals surface area contributed by atoms with Crippen molar-refractivity contribution in [3.8, 4) is 39.3 Å². The number of para-hydroxylation sites is 3. The molecule has 2 heterocycles. The Balaban J connectivity index is 1.11. The largest absolute Gasteiger partial charge is 0.396 e. The highest BCUT2D eigenvalue weighted by Gasteiger charge is 2.16. The average Bonchev–Trinajstić information content (AvgIpc) is 3.64. The number of rotatable bonds is 11. The van der Waals surface area contributed by atoms with Gasteiger partial charge in [-0.05, 0) is 65.2 Å². The molecule has 0 aliphatic carbocycles. The number of aliphatic imine (C=N–C) groups is 1. The van der Waals surface area contributed by atoms with Gasteiger partial charge in [0.25, 0.3) is 0 Å². The summed E-state index contributed by atoms with van der Waals surface area (Å²) in [6, 6.07) is 68.1. The topological polar surface area (TPSA) is 92.1 Å². The van der Waals surface area contributed by atoms with Crippen LogP contribution in [-0.4, -0.2) is 21.5 Å². The van der Waals surface area contributed by atoms with Gasteiger partial charge in [0.15, 0.2) is 0 Å². The SMILES string of the molecule is C=C(Nc1ccccc1)C(C=N)=N/C(=C(\N)c1ccc(-c2cc(-c3ccccc3)nc(-c3cccc(-n4c5ccccc5c5ccccc54)c3)c2)cc1)c1ccccc1. The van der Waals surface area contributed by atoms with E-state index in [0.717, 1.165) is 67.2 Å². The smallest absolute Gasteiger partial charge is 0.104 e. The second-order valence-corrected chi connectivity index (χ2v) is 14.2. The Morgan fingerprint density at radius 1 is 0.559 bits per heavy atom. The lowest BCUT2D eigenvalue weighted by Gasteiger charge is -2.14. The second-order valence-electron chi connectivity index (χ2n) is 14.2. The number of hydrogen-bond donors (Lipinski definition) is 3.